The molecule has 2 heterocycles. The first-order valence-electron chi connectivity index (χ1n) is 7.79. The molecule has 3 rings (SSSR count). The van der Waals surface area contributed by atoms with E-state index in [1.807, 2.05) is 0 Å². The number of carbonyl (C=O) groups is 1. The summed E-state index contributed by atoms with van der Waals surface area (Å²) in [5.41, 5.74) is 0.437. The van der Waals surface area contributed by atoms with Gasteiger partial charge in [-0.15, -0.1) is 10.2 Å². The van der Waals surface area contributed by atoms with Gasteiger partial charge in [-0.3, -0.25) is 9.20 Å². The Hall–Kier alpha value is -1.96. The minimum atomic E-state index is -3.83. The molecule has 2 aromatic heterocycles. The van der Waals surface area contributed by atoms with E-state index in [4.69, 9.17) is 0 Å². The summed E-state index contributed by atoms with van der Waals surface area (Å²) in [5, 5.41) is 10.2. The van der Waals surface area contributed by atoms with E-state index in [2.05, 4.69) is 22.4 Å². The lowest BCUT2D eigenvalue weighted by Crippen LogP contribution is -2.43. The van der Waals surface area contributed by atoms with Gasteiger partial charge < -0.3 is 5.32 Å². The molecule has 0 radical (unpaired) electrons. The van der Waals surface area contributed by atoms with E-state index < -0.39 is 21.5 Å². The molecule has 2 atom stereocenters. The van der Waals surface area contributed by atoms with E-state index in [-0.39, 0.29) is 11.2 Å². The fourth-order valence-electron chi connectivity index (χ4n) is 3.05. The molecule has 7 nitrogen and oxygen atoms in total. The van der Waals surface area contributed by atoms with Crippen LogP contribution < -0.4 is 5.32 Å². The molecule has 0 saturated heterocycles. The van der Waals surface area contributed by atoms with E-state index in [1.165, 1.54) is 4.40 Å². The predicted octanol–water partition coefficient (Wildman–Crippen LogP) is 1.20. The van der Waals surface area contributed by atoms with Crippen LogP contribution in [-0.4, -0.2) is 40.7 Å². The topological polar surface area (TPSA) is 93.4 Å². The quantitative estimate of drug-likeness (QED) is 0.905. The van der Waals surface area contributed by atoms with Crippen LogP contribution in [-0.2, 0) is 14.6 Å². The summed E-state index contributed by atoms with van der Waals surface area (Å²) in [6.45, 7) is 2.09. The van der Waals surface area contributed by atoms with Gasteiger partial charge in [-0.2, -0.15) is 0 Å². The highest BCUT2D eigenvalue weighted by Gasteiger charge is 2.28. The predicted molar refractivity (Wildman–Crippen MR) is 84.6 cm³/mol. The van der Waals surface area contributed by atoms with E-state index >= 15 is 0 Å². The van der Waals surface area contributed by atoms with Gasteiger partial charge in [0, 0.05) is 12.2 Å². The van der Waals surface area contributed by atoms with Crippen LogP contribution in [0.4, 0.5) is 0 Å². The van der Waals surface area contributed by atoms with Crippen molar-refractivity contribution in [3.05, 3.63) is 24.4 Å². The SMILES string of the molecule is CC1CCCCC1NC(=O)CS(=O)(=O)c1nnc2ccccn12. The third kappa shape index (κ3) is 3.36. The van der Waals surface area contributed by atoms with Gasteiger partial charge in [0.15, 0.2) is 5.65 Å². The third-order valence-corrected chi connectivity index (χ3v) is 5.82. The Balaban J connectivity index is 1.74. The van der Waals surface area contributed by atoms with Gasteiger partial charge in [0.25, 0.3) is 5.16 Å². The molecular formula is C15H20N4O3S. The highest BCUT2D eigenvalue weighted by Crippen LogP contribution is 2.23. The van der Waals surface area contributed by atoms with Crippen molar-refractivity contribution in [1.82, 2.24) is 19.9 Å². The summed E-state index contributed by atoms with van der Waals surface area (Å²) in [7, 11) is -3.83. The number of aromatic nitrogens is 3. The van der Waals surface area contributed by atoms with Crippen LogP contribution in [0.3, 0.4) is 0 Å². The molecule has 0 bridgehead atoms. The van der Waals surface area contributed by atoms with Gasteiger partial charge in [0.1, 0.15) is 5.75 Å². The van der Waals surface area contributed by atoms with E-state index in [0.717, 1.165) is 25.7 Å². The van der Waals surface area contributed by atoms with Crippen LogP contribution in [0.5, 0.6) is 0 Å². The summed E-state index contributed by atoms with van der Waals surface area (Å²) in [5.74, 6) is -0.702. The number of amides is 1. The van der Waals surface area contributed by atoms with Crippen molar-refractivity contribution in [2.45, 2.75) is 43.8 Å². The second kappa shape index (κ2) is 6.27. The zero-order valence-corrected chi connectivity index (χ0v) is 13.8. The minimum absolute atomic E-state index is 0.0570. The number of sulfone groups is 1. The first kappa shape index (κ1) is 15.9. The number of nitrogens with zero attached hydrogens (tertiary/aromatic N) is 3. The Bertz CT molecular complexity index is 815. The second-order valence-corrected chi connectivity index (χ2v) is 7.99. The van der Waals surface area contributed by atoms with Crippen LogP contribution in [0.1, 0.15) is 32.6 Å². The fraction of sp³-hybridized carbons (Fsp3) is 0.533. The van der Waals surface area contributed by atoms with Gasteiger partial charge in [0.2, 0.25) is 15.7 Å². The average molecular weight is 336 g/mol. The molecule has 8 heteroatoms. The summed E-state index contributed by atoms with van der Waals surface area (Å²) in [6, 6.07) is 5.16. The lowest BCUT2D eigenvalue weighted by atomic mass is 9.86. The monoisotopic (exact) mass is 336 g/mol. The molecule has 2 unspecified atom stereocenters. The number of nitrogens with one attached hydrogen (secondary N) is 1. The lowest BCUT2D eigenvalue weighted by molar-refractivity contribution is -0.119. The zero-order valence-electron chi connectivity index (χ0n) is 13.0. The Kier molecular flexibility index (Phi) is 4.34. The molecule has 1 fully saturated rings. The normalized spacial score (nSPS) is 22.1. The molecular weight excluding hydrogens is 316 g/mol. The second-order valence-electron chi connectivity index (χ2n) is 6.11. The van der Waals surface area contributed by atoms with E-state index in [9.17, 15) is 13.2 Å². The highest BCUT2D eigenvalue weighted by atomic mass is 32.2. The molecule has 1 saturated carbocycles. The smallest absolute Gasteiger partial charge is 0.254 e. The number of hydrogen-bond donors (Lipinski definition) is 1. The average Bonchev–Trinajstić information content (AvgIpc) is 2.94. The number of pyridine rings is 1. The Labute approximate surface area is 135 Å². The van der Waals surface area contributed by atoms with Crippen molar-refractivity contribution in [2.24, 2.45) is 5.92 Å². The number of carbonyl (C=O) groups excluding carboxylic acids is 1. The van der Waals surface area contributed by atoms with Crippen molar-refractivity contribution < 1.29 is 13.2 Å². The molecule has 0 aliphatic heterocycles. The maximum absolute atomic E-state index is 12.5. The Morgan fingerprint density at radius 1 is 1.30 bits per heavy atom. The maximum atomic E-state index is 12.5. The largest absolute Gasteiger partial charge is 0.352 e. The lowest BCUT2D eigenvalue weighted by Gasteiger charge is -2.29. The van der Waals surface area contributed by atoms with Crippen LogP contribution in [0.2, 0.25) is 0 Å². The summed E-state index contributed by atoms with van der Waals surface area (Å²) in [4.78, 5) is 12.2. The highest BCUT2D eigenvalue weighted by molar-refractivity contribution is 7.91. The van der Waals surface area contributed by atoms with Crippen molar-refractivity contribution >= 4 is 21.4 Å². The number of hydrogen-bond acceptors (Lipinski definition) is 5. The van der Waals surface area contributed by atoms with Crippen molar-refractivity contribution in [2.75, 3.05) is 5.75 Å². The third-order valence-electron chi connectivity index (χ3n) is 4.34. The van der Waals surface area contributed by atoms with Crippen LogP contribution in [0.15, 0.2) is 29.6 Å². The summed E-state index contributed by atoms with van der Waals surface area (Å²) in [6.07, 6.45) is 5.77. The van der Waals surface area contributed by atoms with Crippen LogP contribution in [0, 0.1) is 5.92 Å². The molecule has 1 aliphatic rings. The van der Waals surface area contributed by atoms with Gasteiger partial charge in [0.05, 0.1) is 0 Å². The zero-order chi connectivity index (χ0) is 16.4. The maximum Gasteiger partial charge on any atom is 0.254 e. The Morgan fingerprint density at radius 3 is 2.87 bits per heavy atom. The van der Waals surface area contributed by atoms with Crippen molar-refractivity contribution in [1.29, 1.82) is 0 Å². The van der Waals surface area contributed by atoms with Gasteiger partial charge in [-0.25, -0.2) is 8.42 Å². The standard InChI is InChI=1S/C15H20N4O3S/c1-11-6-2-3-7-12(11)16-14(20)10-23(21,22)15-18-17-13-8-4-5-9-19(13)15/h4-5,8-9,11-12H,2-3,6-7,10H2,1H3,(H,16,20). The first-order valence-corrected chi connectivity index (χ1v) is 9.44. The van der Waals surface area contributed by atoms with Crippen molar-refractivity contribution in [3.8, 4) is 0 Å². The number of rotatable bonds is 4. The van der Waals surface area contributed by atoms with Crippen LogP contribution in [0.25, 0.3) is 5.65 Å². The van der Waals surface area contributed by atoms with Gasteiger partial charge in [-0.05, 0) is 30.9 Å². The number of fused-ring (bicyclic) bond motifs is 1. The molecule has 1 amide bonds. The summed E-state index contributed by atoms with van der Waals surface area (Å²) < 4.78 is 26.3. The minimum Gasteiger partial charge on any atom is -0.352 e. The molecule has 1 aliphatic carbocycles. The molecule has 23 heavy (non-hydrogen) atoms. The summed E-state index contributed by atoms with van der Waals surface area (Å²) >= 11 is 0. The fourth-order valence-corrected chi connectivity index (χ4v) is 4.22. The molecule has 1 N–H and O–H groups in total. The van der Waals surface area contributed by atoms with Gasteiger partial charge >= 0.3 is 0 Å². The van der Waals surface area contributed by atoms with E-state index in [0.29, 0.717) is 11.6 Å². The molecule has 2 aromatic rings. The molecule has 0 spiro atoms. The van der Waals surface area contributed by atoms with Gasteiger partial charge in [-0.1, -0.05) is 25.8 Å². The first-order chi connectivity index (χ1) is 11.0. The van der Waals surface area contributed by atoms with E-state index in [1.54, 1.807) is 24.4 Å². The molecule has 124 valence electrons. The van der Waals surface area contributed by atoms with Crippen LogP contribution >= 0.6 is 0 Å². The van der Waals surface area contributed by atoms with Crippen molar-refractivity contribution in [3.63, 3.8) is 0 Å². The Morgan fingerprint density at radius 2 is 2.09 bits per heavy atom. The molecule has 0 aromatic carbocycles.